The Labute approximate surface area is 174 Å². The van der Waals surface area contributed by atoms with E-state index in [-0.39, 0.29) is 5.91 Å². The van der Waals surface area contributed by atoms with Gasteiger partial charge in [-0.2, -0.15) is 0 Å². The molecule has 2 aromatic carbocycles. The largest absolute Gasteiger partial charge is 0.283 e. The summed E-state index contributed by atoms with van der Waals surface area (Å²) in [6.45, 7) is 6.63. The number of nitrogens with zero attached hydrogens (tertiary/aromatic N) is 3. The van der Waals surface area contributed by atoms with Crippen LogP contribution in [0.3, 0.4) is 0 Å². The molecule has 0 saturated carbocycles. The maximum atomic E-state index is 13.4. The van der Waals surface area contributed by atoms with Gasteiger partial charge in [-0.3, -0.25) is 14.7 Å². The molecule has 146 valence electrons. The van der Waals surface area contributed by atoms with Crippen LogP contribution >= 0.6 is 11.3 Å². The summed E-state index contributed by atoms with van der Waals surface area (Å²) in [7, 11) is 0. The molecule has 4 nitrogen and oxygen atoms in total. The predicted molar refractivity (Wildman–Crippen MR) is 119 cm³/mol. The number of aromatic nitrogens is 2. The van der Waals surface area contributed by atoms with Crippen molar-refractivity contribution >= 4 is 32.6 Å². The third kappa shape index (κ3) is 4.20. The van der Waals surface area contributed by atoms with E-state index in [0.29, 0.717) is 13.0 Å². The minimum absolute atomic E-state index is 0.0394. The Bertz CT molecular complexity index is 1170. The van der Waals surface area contributed by atoms with Gasteiger partial charge < -0.3 is 0 Å². The van der Waals surface area contributed by atoms with Crippen molar-refractivity contribution < 1.29 is 4.79 Å². The van der Waals surface area contributed by atoms with Gasteiger partial charge in [-0.05, 0) is 55.2 Å². The maximum Gasteiger partial charge on any atom is 0.233 e. The molecular weight excluding hydrogens is 378 g/mol. The smallest absolute Gasteiger partial charge is 0.233 e. The van der Waals surface area contributed by atoms with Gasteiger partial charge in [-0.15, -0.1) is 0 Å². The third-order valence-corrected chi connectivity index (χ3v) is 6.09. The summed E-state index contributed by atoms with van der Waals surface area (Å²) in [6, 6.07) is 16.2. The van der Waals surface area contributed by atoms with E-state index in [9.17, 15) is 4.79 Å². The number of benzene rings is 2. The Balaban J connectivity index is 1.70. The van der Waals surface area contributed by atoms with Gasteiger partial charge in [0.2, 0.25) is 5.91 Å². The first-order valence-electron chi connectivity index (χ1n) is 9.63. The summed E-state index contributed by atoms with van der Waals surface area (Å²) >= 11 is 1.56. The first kappa shape index (κ1) is 19.3. The molecule has 0 aliphatic carbocycles. The van der Waals surface area contributed by atoms with Crippen LogP contribution in [0.2, 0.25) is 0 Å². The molecule has 0 spiro atoms. The molecule has 2 aromatic heterocycles. The minimum atomic E-state index is 0.0394. The van der Waals surface area contributed by atoms with E-state index in [1.807, 2.05) is 24.3 Å². The standard InChI is InChI=1S/C24H23N3OS/c1-16-9-10-20(18(3)12-16)13-22(28)27(15-19-7-5-11-25-14-19)24-26-23-17(2)6-4-8-21(23)29-24/h4-12,14H,13,15H2,1-3H3. The number of pyridine rings is 1. The Kier molecular flexibility index (Phi) is 5.41. The molecule has 0 N–H and O–H groups in total. The number of amides is 1. The zero-order chi connectivity index (χ0) is 20.4. The van der Waals surface area contributed by atoms with Gasteiger partial charge in [0.25, 0.3) is 0 Å². The first-order chi connectivity index (χ1) is 14.0. The number of carbonyl (C=O) groups excluding carboxylic acids is 1. The van der Waals surface area contributed by atoms with Crippen molar-refractivity contribution in [3.8, 4) is 0 Å². The molecule has 0 aliphatic rings. The number of aryl methyl sites for hydroxylation is 3. The molecular formula is C24H23N3OS. The molecule has 1 amide bonds. The second-order valence-corrected chi connectivity index (χ2v) is 8.38. The first-order valence-corrected chi connectivity index (χ1v) is 10.4. The van der Waals surface area contributed by atoms with Gasteiger partial charge >= 0.3 is 0 Å². The highest BCUT2D eigenvalue weighted by molar-refractivity contribution is 7.22. The molecule has 2 heterocycles. The number of carbonyl (C=O) groups is 1. The minimum Gasteiger partial charge on any atom is -0.283 e. The number of anilines is 1. The quantitative estimate of drug-likeness (QED) is 0.450. The monoisotopic (exact) mass is 401 g/mol. The summed E-state index contributed by atoms with van der Waals surface area (Å²) in [5.41, 5.74) is 6.45. The van der Waals surface area contributed by atoms with Crippen molar-refractivity contribution in [1.29, 1.82) is 0 Å². The zero-order valence-corrected chi connectivity index (χ0v) is 17.7. The summed E-state index contributed by atoms with van der Waals surface area (Å²) in [4.78, 5) is 24.2. The van der Waals surface area contributed by atoms with E-state index in [0.717, 1.165) is 37.6 Å². The van der Waals surface area contributed by atoms with E-state index in [4.69, 9.17) is 4.98 Å². The number of fused-ring (bicyclic) bond motifs is 1. The lowest BCUT2D eigenvalue weighted by Gasteiger charge is -2.20. The Morgan fingerprint density at radius 2 is 1.90 bits per heavy atom. The van der Waals surface area contributed by atoms with E-state index in [1.165, 1.54) is 5.56 Å². The Morgan fingerprint density at radius 1 is 1.03 bits per heavy atom. The molecule has 5 heteroatoms. The molecule has 4 rings (SSSR count). The van der Waals surface area contributed by atoms with Crippen LogP contribution < -0.4 is 4.90 Å². The highest BCUT2D eigenvalue weighted by Crippen LogP contribution is 2.32. The lowest BCUT2D eigenvalue weighted by Crippen LogP contribution is -2.32. The molecule has 0 saturated heterocycles. The normalized spacial score (nSPS) is 11.0. The topological polar surface area (TPSA) is 46.1 Å². The average Bonchev–Trinajstić information content (AvgIpc) is 3.14. The molecule has 29 heavy (non-hydrogen) atoms. The van der Waals surface area contributed by atoms with E-state index >= 15 is 0 Å². The number of rotatable bonds is 5. The highest BCUT2D eigenvalue weighted by atomic mass is 32.1. The van der Waals surface area contributed by atoms with Crippen LogP contribution in [0.25, 0.3) is 10.2 Å². The van der Waals surface area contributed by atoms with Crippen LogP contribution in [0.15, 0.2) is 60.9 Å². The molecule has 0 fully saturated rings. The average molecular weight is 402 g/mol. The second-order valence-electron chi connectivity index (χ2n) is 7.37. The van der Waals surface area contributed by atoms with Crippen molar-refractivity contribution in [1.82, 2.24) is 9.97 Å². The fraction of sp³-hybridized carbons (Fsp3) is 0.208. The molecule has 0 atom stereocenters. The summed E-state index contributed by atoms with van der Waals surface area (Å²) < 4.78 is 1.09. The van der Waals surface area contributed by atoms with Crippen molar-refractivity contribution in [3.63, 3.8) is 0 Å². The Morgan fingerprint density at radius 3 is 2.62 bits per heavy atom. The Hall–Kier alpha value is -3.05. The number of hydrogen-bond acceptors (Lipinski definition) is 4. The van der Waals surface area contributed by atoms with Gasteiger partial charge in [0, 0.05) is 12.4 Å². The van der Waals surface area contributed by atoms with Gasteiger partial charge in [0.05, 0.1) is 23.2 Å². The molecule has 0 aliphatic heterocycles. The van der Waals surface area contributed by atoms with Crippen LogP contribution in [-0.2, 0) is 17.8 Å². The lowest BCUT2D eigenvalue weighted by atomic mass is 10.0. The fourth-order valence-corrected chi connectivity index (χ4v) is 4.49. The van der Waals surface area contributed by atoms with Crippen molar-refractivity contribution in [3.05, 3.63) is 88.7 Å². The predicted octanol–water partition coefficient (Wildman–Crippen LogP) is 5.39. The van der Waals surface area contributed by atoms with Crippen molar-refractivity contribution in [2.75, 3.05) is 4.90 Å². The van der Waals surface area contributed by atoms with Crippen LogP contribution in [0.5, 0.6) is 0 Å². The van der Waals surface area contributed by atoms with Gasteiger partial charge in [0.15, 0.2) is 5.13 Å². The summed E-state index contributed by atoms with van der Waals surface area (Å²) in [5.74, 6) is 0.0394. The van der Waals surface area contributed by atoms with Gasteiger partial charge in [-0.25, -0.2) is 4.98 Å². The molecule has 4 aromatic rings. The van der Waals surface area contributed by atoms with Crippen LogP contribution in [0.4, 0.5) is 5.13 Å². The number of thiazole rings is 1. The SMILES string of the molecule is Cc1ccc(CC(=O)N(Cc2cccnc2)c2nc3c(C)cccc3s2)c(C)c1. The molecule has 0 radical (unpaired) electrons. The number of para-hydroxylation sites is 1. The van der Waals surface area contributed by atoms with E-state index in [2.05, 4.69) is 50.0 Å². The van der Waals surface area contributed by atoms with Crippen molar-refractivity contribution in [2.24, 2.45) is 0 Å². The fourth-order valence-electron chi connectivity index (χ4n) is 3.43. The number of hydrogen-bond donors (Lipinski definition) is 0. The summed E-state index contributed by atoms with van der Waals surface area (Å²) in [6.07, 6.45) is 3.89. The second kappa shape index (κ2) is 8.13. The van der Waals surface area contributed by atoms with Gasteiger partial charge in [0.1, 0.15) is 0 Å². The maximum absolute atomic E-state index is 13.4. The van der Waals surface area contributed by atoms with E-state index in [1.54, 1.807) is 28.6 Å². The highest BCUT2D eigenvalue weighted by Gasteiger charge is 2.21. The lowest BCUT2D eigenvalue weighted by molar-refractivity contribution is -0.118. The zero-order valence-electron chi connectivity index (χ0n) is 16.8. The van der Waals surface area contributed by atoms with Crippen LogP contribution in [-0.4, -0.2) is 15.9 Å². The molecule has 0 unspecified atom stereocenters. The molecule has 0 bridgehead atoms. The van der Waals surface area contributed by atoms with Gasteiger partial charge in [-0.1, -0.05) is 53.3 Å². The van der Waals surface area contributed by atoms with E-state index < -0.39 is 0 Å². The van der Waals surface area contributed by atoms with Crippen LogP contribution in [0, 0.1) is 20.8 Å². The van der Waals surface area contributed by atoms with Crippen molar-refractivity contribution in [2.45, 2.75) is 33.7 Å². The summed E-state index contributed by atoms with van der Waals surface area (Å²) in [5, 5.41) is 0.730. The third-order valence-electron chi connectivity index (χ3n) is 5.04. The van der Waals surface area contributed by atoms with Crippen LogP contribution in [0.1, 0.15) is 27.8 Å².